The maximum Gasteiger partial charge on any atom is 0.272 e. The van der Waals surface area contributed by atoms with Crippen molar-refractivity contribution < 1.29 is 23.9 Å². The van der Waals surface area contributed by atoms with Gasteiger partial charge in [-0.25, -0.2) is 0 Å². The van der Waals surface area contributed by atoms with Gasteiger partial charge in [0, 0.05) is 37.4 Å². The van der Waals surface area contributed by atoms with Crippen molar-refractivity contribution in [3.63, 3.8) is 0 Å². The van der Waals surface area contributed by atoms with Crippen molar-refractivity contribution in [2.24, 2.45) is 0 Å². The molecule has 3 N–H and O–H groups in total. The Morgan fingerprint density at radius 3 is 2.11 bits per heavy atom. The van der Waals surface area contributed by atoms with Crippen molar-refractivity contribution in [3.05, 3.63) is 118 Å². The van der Waals surface area contributed by atoms with Crippen LogP contribution in [0, 0.1) is 0 Å². The van der Waals surface area contributed by atoms with Crippen LogP contribution >= 0.6 is 35.0 Å². The lowest BCUT2D eigenvalue weighted by molar-refractivity contribution is -0.115. The average Bonchev–Trinajstić information content (AvgIpc) is 3.01. The third-order valence-electron chi connectivity index (χ3n) is 6.19. The van der Waals surface area contributed by atoms with E-state index in [-0.39, 0.29) is 11.6 Å². The van der Waals surface area contributed by atoms with Crippen molar-refractivity contribution in [1.29, 1.82) is 0 Å². The summed E-state index contributed by atoms with van der Waals surface area (Å²) in [6.07, 6.45) is 1.52. The van der Waals surface area contributed by atoms with Crippen molar-refractivity contribution in [3.8, 4) is 11.5 Å². The molecule has 226 valence electrons. The average molecular weight is 651 g/mol. The molecule has 3 amide bonds. The highest BCUT2D eigenvalue weighted by Gasteiger charge is 2.18. The second-order valence-corrected chi connectivity index (χ2v) is 11.7. The van der Waals surface area contributed by atoms with Crippen molar-refractivity contribution in [2.75, 3.05) is 24.9 Å². The molecule has 44 heavy (non-hydrogen) atoms. The Bertz CT molecular complexity index is 1660. The van der Waals surface area contributed by atoms with E-state index in [0.717, 1.165) is 4.90 Å². The zero-order chi connectivity index (χ0) is 31.6. The largest absolute Gasteiger partial charge is 0.497 e. The van der Waals surface area contributed by atoms with E-state index in [1.54, 1.807) is 97.9 Å². The van der Waals surface area contributed by atoms with Crippen LogP contribution in [0.15, 0.2) is 102 Å². The second kappa shape index (κ2) is 15.3. The Labute approximate surface area is 269 Å². The highest BCUT2D eigenvalue weighted by Crippen LogP contribution is 2.29. The number of thioether (sulfide) groups is 1. The first-order chi connectivity index (χ1) is 21.1. The first-order valence-electron chi connectivity index (χ1n) is 13.3. The highest BCUT2D eigenvalue weighted by atomic mass is 35.5. The van der Waals surface area contributed by atoms with Crippen LogP contribution in [0.25, 0.3) is 6.08 Å². The molecule has 0 aliphatic rings. The molecule has 0 saturated carbocycles. The first-order valence-corrected chi connectivity index (χ1v) is 14.9. The molecule has 0 aliphatic carbocycles. The van der Waals surface area contributed by atoms with Gasteiger partial charge in [0.25, 0.3) is 11.8 Å². The molecule has 0 saturated heterocycles. The SMILES string of the molecule is COc1ccc(OC)c(/C=C(\NC(=O)c2ccccc2)C(=O)Nc2ccc(SC(C)C(=O)Nc3cc(Cl)cc(Cl)c3)cc2)c1. The summed E-state index contributed by atoms with van der Waals surface area (Å²) in [6, 6.07) is 25.5. The molecule has 0 aliphatic heterocycles. The lowest BCUT2D eigenvalue weighted by Gasteiger charge is -2.14. The second-order valence-electron chi connectivity index (χ2n) is 9.37. The van der Waals surface area contributed by atoms with E-state index in [1.807, 2.05) is 0 Å². The molecular formula is C33H29Cl2N3O5S. The number of rotatable bonds is 11. The Morgan fingerprint density at radius 1 is 0.795 bits per heavy atom. The Balaban J connectivity index is 1.49. The van der Waals surface area contributed by atoms with Gasteiger partial charge in [-0.05, 0) is 85.8 Å². The monoisotopic (exact) mass is 649 g/mol. The van der Waals surface area contributed by atoms with Crippen LogP contribution in [0.3, 0.4) is 0 Å². The van der Waals surface area contributed by atoms with Crippen LogP contribution in [-0.4, -0.2) is 37.2 Å². The molecule has 0 spiro atoms. The molecule has 11 heteroatoms. The minimum Gasteiger partial charge on any atom is -0.497 e. The smallest absolute Gasteiger partial charge is 0.272 e. The summed E-state index contributed by atoms with van der Waals surface area (Å²) in [7, 11) is 3.04. The van der Waals surface area contributed by atoms with Gasteiger partial charge in [0.1, 0.15) is 17.2 Å². The fraction of sp³-hybridized carbons (Fsp3) is 0.121. The number of nitrogens with one attached hydrogen (secondary N) is 3. The van der Waals surface area contributed by atoms with Crippen LogP contribution in [0.2, 0.25) is 10.0 Å². The standard InChI is InChI=1S/C33H29Cl2N3O5S/c1-20(31(39)37-26-18-23(34)17-24(35)19-26)44-28-12-9-25(10-13-28)36-33(41)29(38-32(40)21-7-5-4-6-8-21)16-22-15-27(42-2)11-14-30(22)43-3/h4-20H,1-3H3,(H,36,41)(H,37,39)(H,38,40)/b29-16-. The summed E-state index contributed by atoms with van der Waals surface area (Å²) in [5.41, 5.74) is 1.91. The maximum atomic E-state index is 13.5. The predicted octanol–water partition coefficient (Wildman–Crippen LogP) is 7.54. The van der Waals surface area contributed by atoms with E-state index >= 15 is 0 Å². The van der Waals surface area contributed by atoms with Gasteiger partial charge in [0.2, 0.25) is 5.91 Å². The van der Waals surface area contributed by atoms with Gasteiger partial charge in [-0.15, -0.1) is 11.8 Å². The number of hydrogen-bond acceptors (Lipinski definition) is 6. The summed E-state index contributed by atoms with van der Waals surface area (Å²) in [5, 5.41) is 8.76. The number of ether oxygens (including phenoxy) is 2. The molecule has 1 atom stereocenters. The number of methoxy groups -OCH3 is 2. The number of carbonyl (C=O) groups is 3. The summed E-state index contributed by atoms with van der Waals surface area (Å²) in [5.74, 6) is -0.176. The summed E-state index contributed by atoms with van der Waals surface area (Å²) >= 11 is 13.4. The lowest BCUT2D eigenvalue weighted by atomic mass is 10.1. The van der Waals surface area contributed by atoms with Gasteiger partial charge in [-0.2, -0.15) is 0 Å². The number of halogens is 2. The zero-order valence-corrected chi connectivity index (χ0v) is 26.3. The predicted molar refractivity (Wildman–Crippen MR) is 177 cm³/mol. The van der Waals surface area contributed by atoms with Crippen LogP contribution < -0.4 is 25.4 Å². The molecular weight excluding hydrogens is 621 g/mol. The van der Waals surface area contributed by atoms with Gasteiger partial charge < -0.3 is 25.4 Å². The number of anilines is 2. The molecule has 8 nitrogen and oxygen atoms in total. The van der Waals surface area contributed by atoms with Gasteiger partial charge >= 0.3 is 0 Å². The molecule has 0 radical (unpaired) electrons. The molecule has 0 aromatic heterocycles. The number of amides is 3. The molecule has 4 aromatic carbocycles. The number of benzene rings is 4. The topological polar surface area (TPSA) is 106 Å². The minimum absolute atomic E-state index is 0.00438. The Kier molecular flexibility index (Phi) is 11.3. The van der Waals surface area contributed by atoms with Crippen molar-refractivity contribution >= 4 is 70.1 Å². The highest BCUT2D eigenvalue weighted by molar-refractivity contribution is 8.00. The van der Waals surface area contributed by atoms with E-state index in [9.17, 15) is 14.4 Å². The number of hydrogen-bond donors (Lipinski definition) is 3. The minimum atomic E-state index is -0.549. The molecule has 4 rings (SSSR count). The van der Waals surface area contributed by atoms with Crippen molar-refractivity contribution in [2.45, 2.75) is 17.1 Å². The van der Waals surface area contributed by atoms with Gasteiger partial charge in [-0.3, -0.25) is 14.4 Å². The first kappa shape index (κ1) is 32.5. The maximum absolute atomic E-state index is 13.5. The van der Waals surface area contributed by atoms with E-state index in [4.69, 9.17) is 32.7 Å². The molecule has 1 unspecified atom stereocenters. The van der Waals surface area contributed by atoms with E-state index in [2.05, 4.69) is 16.0 Å². The summed E-state index contributed by atoms with van der Waals surface area (Å²) in [6.45, 7) is 1.78. The Morgan fingerprint density at radius 2 is 1.48 bits per heavy atom. The summed E-state index contributed by atoms with van der Waals surface area (Å²) in [4.78, 5) is 40.0. The number of carbonyl (C=O) groups excluding carboxylic acids is 3. The fourth-order valence-corrected chi connectivity index (χ4v) is 5.39. The molecule has 0 fully saturated rings. The Hall–Kier alpha value is -4.44. The molecule has 0 bridgehead atoms. The molecule has 4 aromatic rings. The third-order valence-corrected chi connectivity index (χ3v) is 7.74. The zero-order valence-electron chi connectivity index (χ0n) is 24.0. The van der Waals surface area contributed by atoms with Crippen molar-refractivity contribution in [1.82, 2.24) is 5.32 Å². The third kappa shape index (κ3) is 9.03. The van der Waals surface area contributed by atoms with Crippen LogP contribution in [0.4, 0.5) is 11.4 Å². The van der Waals surface area contributed by atoms with Gasteiger partial charge in [0.15, 0.2) is 0 Å². The van der Waals surface area contributed by atoms with Crippen LogP contribution in [0.5, 0.6) is 11.5 Å². The quantitative estimate of drug-likeness (QED) is 0.114. The fourth-order valence-electron chi connectivity index (χ4n) is 3.99. The van der Waals surface area contributed by atoms with E-state index < -0.39 is 17.1 Å². The van der Waals surface area contributed by atoms with Crippen LogP contribution in [0.1, 0.15) is 22.8 Å². The van der Waals surface area contributed by atoms with Gasteiger partial charge in [0.05, 0.1) is 19.5 Å². The lowest BCUT2D eigenvalue weighted by Crippen LogP contribution is -2.30. The normalized spacial score (nSPS) is 11.7. The molecule has 0 heterocycles. The summed E-state index contributed by atoms with van der Waals surface area (Å²) < 4.78 is 10.8. The van der Waals surface area contributed by atoms with E-state index in [1.165, 1.54) is 32.1 Å². The van der Waals surface area contributed by atoms with E-state index in [0.29, 0.717) is 44.0 Å². The van der Waals surface area contributed by atoms with Crippen LogP contribution in [-0.2, 0) is 9.59 Å². The van der Waals surface area contributed by atoms with Gasteiger partial charge in [-0.1, -0.05) is 41.4 Å².